The molecule has 1 atom stereocenters. The molecule has 100 valence electrons. The van der Waals surface area contributed by atoms with Gasteiger partial charge in [-0.3, -0.25) is 0 Å². The molecule has 0 bridgehead atoms. The number of rotatable bonds is 5. The first-order valence-corrected chi connectivity index (χ1v) is 7.34. The number of halogens is 1. The van der Waals surface area contributed by atoms with E-state index in [1.54, 1.807) is 0 Å². The maximum Gasteiger partial charge on any atom is 0.0627 e. The van der Waals surface area contributed by atoms with Crippen molar-refractivity contribution in [3.63, 3.8) is 0 Å². The molecule has 2 rings (SSSR count). The first kappa shape index (κ1) is 13.9. The molecule has 0 radical (unpaired) electrons. The van der Waals surface area contributed by atoms with Crippen LogP contribution in [0.25, 0.3) is 0 Å². The van der Waals surface area contributed by atoms with Crippen LogP contribution in [0.3, 0.4) is 0 Å². The lowest BCUT2D eigenvalue weighted by molar-refractivity contribution is 0.178. The standard InChI is InChI=1S/C15H23ClN2/c1-2-18(16)15(14-9-5-3-6-10-14)13-17-11-7-4-8-12-17/h3,5-6,9-10,15H,2,4,7-8,11-13H2,1H3. The highest BCUT2D eigenvalue weighted by Gasteiger charge is 2.21. The lowest BCUT2D eigenvalue weighted by Crippen LogP contribution is -2.37. The highest BCUT2D eigenvalue weighted by molar-refractivity contribution is 6.13. The van der Waals surface area contributed by atoms with Crippen molar-refractivity contribution >= 4 is 11.8 Å². The van der Waals surface area contributed by atoms with Crippen LogP contribution in [0.5, 0.6) is 0 Å². The number of likely N-dealkylation sites (tertiary alicyclic amines) is 1. The van der Waals surface area contributed by atoms with E-state index in [4.69, 9.17) is 11.8 Å². The van der Waals surface area contributed by atoms with E-state index < -0.39 is 0 Å². The van der Waals surface area contributed by atoms with E-state index in [1.165, 1.54) is 37.9 Å². The van der Waals surface area contributed by atoms with Crippen molar-refractivity contribution in [3.05, 3.63) is 35.9 Å². The Morgan fingerprint density at radius 2 is 1.83 bits per heavy atom. The van der Waals surface area contributed by atoms with Gasteiger partial charge >= 0.3 is 0 Å². The summed E-state index contributed by atoms with van der Waals surface area (Å²) in [7, 11) is 0. The van der Waals surface area contributed by atoms with E-state index in [9.17, 15) is 0 Å². The summed E-state index contributed by atoms with van der Waals surface area (Å²) in [5, 5.41) is 0. The van der Waals surface area contributed by atoms with Gasteiger partial charge in [0.2, 0.25) is 0 Å². The molecular weight excluding hydrogens is 244 g/mol. The molecule has 1 heterocycles. The van der Waals surface area contributed by atoms with Crippen LogP contribution in [0.15, 0.2) is 30.3 Å². The molecule has 0 saturated carbocycles. The van der Waals surface area contributed by atoms with Crippen LogP contribution in [0, 0.1) is 0 Å². The summed E-state index contributed by atoms with van der Waals surface area (Å²) < 4.78 is 1.93. The van der Waals surface area contributed by atoms with Crippen LogP contribution < -0.4 is 0 Å². The Labute approximate surface area is 116 Å². The number of piperidine rings is 1. The second kappa shape index (κ2) is 7.13. The summed E-state index contributed by atoms with van der Waals surface area (Å²) in [5.41, 5.74) is 1.32. The van der Waals surface area contributed by atoms with Crippen molar-refractivity contribution in [2.45, 2.75) is 32.2 Å². The van der Waals surface area contributed by atoms with Crippen molar-refractivity contribution in [1.82, 2.24) is 9.32 Å². The molecule has 1 saturated heterocycles. The van der Waals surface area contributed by atoms with Crippen molar-refractivity contribution in [2.24, 2.45) is 0 Å². The second-order valence-corrected chi connectivity index (χ2v) is 5.44. The van der Waals surface area contributed by atoms with Crippen LogP contribution in [0.1, 0.15) is 37.8 Å². The molecule has 1 unspecified atom stereocenters. The number of hydrogen-bond donors (Lipinski definition) is 0. The van der Waals surface area contributed by atoms with Crippen LogP contribution >= 0.6 is 11.8 Å². The van der Waals surface area contributed by atoms with Crippen LogP contribution in [0.2, 0.25) is 0 Å². The minimum atomic E-state index is 0.302. The summed E-state index contributed by atoms with van der Waals surface area (Å²) in [6.07, 6.45) is 4.04. The molecule has 1 aromatic rings. The van der Waals surface area contributed by atoms with Gasteiger partial charge in [0.25, 0.3) is 0 Å². The Kier molecular flexibility index (Phi) is 5.48. The molecule has 1 aromatic carbocycles. The fraction of sp³-hybridized carbons (Fsp3) is 0.600. The number of benzene rings is 1. The van der Waals surface area contributed by atoms with Gasteiger partial charge in [-0.25, -0.2) is 4.42 Å². The van der Waals surface area contributed by atoms with Crippen molar-refractivity contribution < 1.29 is 0 Å². The molecule has 0 aromatic heterocycles. The topological polar surface area (TPSA) is 6.48 Å². The van der Waals surface area contributed by atoms with Crippen molar-refractivity contribution in [3.8, 4) is 0 Å². The van der Waals surface area contributed by atoms with Gasteiger partial charge in [-0.05, 0) is 43.3 Å². The van der Waals surface area contributed by atoms with E-state index in [0.29, 0.717) is 6.04 Å². The first-order valence-electron chi connectivity index (χ1n) is 7.01. The van der Waals surface area contributed by atoms with Gasteiger partial charge in [0.05, 0.1) is 6.04 Å². The van der Waals surface area contributed by atoms with Crippen LogP contribution in [-0.4, -0.2) is 35.5 Å². The highest BCUT2D eigenvalue weighted by atomic mass is 35.5. The molecule has 2 nitrogen and oxygen atoms in total. The van der Waals surface area contributed by atoms with Gasteiger partial charge in [0.15, 0.2) is 0 Å². The number of nitrogens with zero attached hydrogens (tertiary/aromatic N) is 2. The Morgan fingerprint density at radius 3 is 2.44 bits per heavy atom. The first-order chi connectivity index (χ1) is 8.81. The van der Waals surface area contributed by atoms with E-state index in [-0.39, 0.29) is 0 Å². The third-order valence-electron chi connectivity index (χ3n) is 3.70. The average Bonchev–Trinajstić information content (AvgIpc) is 2.46. The number of likely N-dealkylation sites (N-methyl/N-ethyl adjacent to an activating group) is 1. The van der Waals surface area contributed by atoms with Gasteiger partial charge in [-0.2, -0.15) is 0 Å². The van der Waals surface area contributed by atoms with E-state index >= 15 is 0 Å². The van der Waals surface area contributed by atoms with Gasteiger partial charge in [-0.1, -0.05) is 43.7 Å². The van der Waals surface area contributed by atoms with Crippen molar-refractivity contribution in [1.29, 1.82) is 0 Å². The fourth-order valence-electron chi connectivity index (χ4n) is 2.64. The van der Waals surface area contributed by atoms with Gasteiger partial charge in [0.1, 0.15) is 0 Å². The molecule has 18 heavy (non-hydrogen) atoms. The summed E-state index contributed by atoms with van der Waals surface area (Å²) in [6, 6.07) is 10.9. The lowest BCUT2D eigenvalue weighted by atomic mass is 10.0. The van der Waals surface area contributed by atoms with Crippen LogP contribution in [0.4, 0.5) is 0 Å². The Balaban J connectivity index is 2.05. The molecule has 1 aliphatic heterocycles. The molecular formula is C15H23ClN2. The Bertz CT molecular complexity index is 336. The van der Waals surface area contributed by atoms with Gasteiger partial charge in [-0.15, -0.1) is 0 Å². The predicted molar refractivity (Wildman–Crippen MR) is 77.7 cm³/mol. The molecule has 0 spiro atoms. The van der Waals surface area contributed by atoms with E-state index in [0.717, 1.165) is 13.1 Å². The van der Waals surface area contributed by atoms with E-state index in [2.05, 4.69) is 42.2 Å². The molecule has 1 fully saturated rings. The molecule has 0 amide bonds. The fourth-order valence-corrected chi connectivity index (χ4v) is 2.81. The number of hydrogen-bond acceptors (Lipinski definition) is 2. The zero-order valence-corrected chi connectivity index (χ0v) is 11.9. The quantitative estimate of drug-likeness (QED) is 0.750. The second-order valence-electron chi connectivity index (χ2n) is 5.00. The zero-order valence-electron chi connectivity index (χ0n) is 11.2. The van der Waals surface area contributed by atoms with Crippen molar-refractivity contribution in [2.75, 3.05) is 26.2 Å². The van der Waals surface area contributed by atoms with E-state index in [1.807, 2.05) is 4.42 Å². The smallest absolute Gasteiger partial charge is 0.0627 e. The highest BCUT2D eigenvalue weighted by Crippen LogP contribution is 2.24. The SMILES string of the molecule is CCN(Cl)C(CN1CCCCC1)c1ccccc1. The summed E-state index contributed by atoms with van der Waals surface area (Å²) >= 11 is 6.39. The molecule has 0 N–H and O–H groups in total. The summed E-state index contributed by atoms with van der Waals surface area (Å²) in [4.78, 5) is 2.55. The summed E-state index contributed by atoms with van der Waals surface area (Å²) in [6.45, 7) is 6.46. The average molecular weight is 267 g/mol. The maximum atomic E-state index is 6.39. The maximum absolute atomic E-state index is 6.39. The van der Waals surface area contributed by atoms with Gasteiger partial charge in [0, 0.05) is 13.1 Å². The minimum Gasteiger partial charge on any atom is -0.301 e. The monoisotopic (exact) mass is 266 g/mol. The lowest BCUT2D eigenvalue weighted by Gasteiger charge is -2.33. The molecule has 0 aliphatic carbocycles. The largest absolute Gasteiger partial charge is 0.301 e. The van der Waals surface area contributed by atoms with Crippen LogP contribution in [-0.2, 0) is 0 Å². The third kappa shape index (κ3) is 3.71. The Morgan fingerprint density at radius 1 is 1.17 bits per heavy atom. The predicted octanol–water partition coefficient (Wildman–Crippen LogP) is 3.69. The Hall–Kier alpha value is -0.570. The molecule has 1 aliphatic rings. The normalized spacial score (nSPS) is 19.1. The zero-order chi connectivity index (χ0) is 12.8. The molecule has 3 heteroatoms. The minimum absolute atomic E-state index is 0.302. The summed E-state index contributed by atoms with van der Waals surface area (Å²) in [5.74, 6) is 0. The van der Waals surface area contributed by atoms with Gasteiger partial charge < -0.3 is 4.90 Å². The third-order valence-corrected chi connectivity index (χ3v) is 4.18.